The van der Waals surface area contributed by atoms with Crippen LogP contribution >= 0.6 is 0 Å². The molecule has 0 saturated heterocycles. The monoisotopic (exact) mass is 1080 g/mol. The van der Waals surface area contributed by atoms with Crippen molar-refractivity contribution >= 4 is 35.2 Å². The van der Waals surface area contributed by atoms with Crippen molar-refractivity contribution in [3.63, 3.8) is 0 Å². The number of benzene rings is 5. The van der Waals surface area contributed by atoms with Gasteiger partial charge in [0.1, 0.15) is 11.2 Å². The second-order valence-corrected chi connectivity index (χ2v) is 24.3. The van der Waals surface area contributed by atoms with Crippen molar-refractivity contribution in [1.82, 2.24) is 15.0 Å². The van der Waals surface area contributed by atoms with Crippen molar-refractivity contribution < 1.29 is 24.5 Å². The van der Waals surface area contributed by atoms with Gasteiger partial charge in [0.25, 0.3) is 0 Å². The number of para-hydroxylation sites is 1. The molecule has 0 spiro atoms. The summed E-state index contributed by atoms with van der Waals surface area (Å²) in [6.45, 7) is 20.7. The van der Waals surface area contributed by atoms with Crippen molar-refractivity contribution in [2.45, 2.75) is 92.8 Å². The number of pyridine rings is 3. The molecule has 4 nitrogen and oxygen atoms in total. The number of rotatable bonds is 12. The topological polar surface area (TPSA) is 51.8 Å². The average Bonchev–Trinajstić information content (AvgIpc) is 3.72. The summed E-state index contributed by atoms with van der Waals surface area (Å²) in [5.74, 6) is 1.92. The molecular weight excluding hydrogens is 1010 g/mol. The van der Waals surface area contributed by atoms with E-state index in [0.29, 0.717) is 17.8 Å². The molecule has 5 aromatic carbocycles. The Morgan fingerprint density at radius 2 is 1.07 bits per heavy atom. The molecule has 0 N–H and O–H groups in total. The van der Waals surface area contributed by atoms with E-state index < -0.39 is 8.07 Å². The van der Waals surface area contributed by atoms with Gasteiger partial charge < -0.3 is 4.42 Å². The number of hydrogen-bond donors (Lipinski definition) is 0. The fourth-order valence-corrected chi connectivity index (χ4v) is 10.5. The van der Waals surface area contributed by atoms with Crippen molar-refractivity contribution in [1.29, 1.82) is 0 Å². The summed E-state index contributed by atoms with van der Waals surface area (Å²) >= 11 is 0. The molecule has 4 aromatic heterocycles. The zero-order chi connectivity index (χ0) is 46.6. The fourth-order valence-electron chi connectivity index (χ4n) is 8.90. The Balaban J connectivity index is 0.000000175. The summed E-state index contributed by atoms with van der Waals surface area (Å²) in [7, 11) is -1.33. The standard InChI is InChI=1S/C28H25NO.C18H25NSi.C15H17N.Ir/c1-3-19(4-2)21-16-17-29-25(18-21)23-13-8-14-24-27-22(20-10-6-5-7-11-20)12-9-15-26(27)30-28(23)24;1-14(2)11-16-12-17(15-9-7-6-8-10-15)19-13-18(16)20(3,4)5;1-12(2)10-13-8-9-16-15(11-13)14-6-4-3-5-7-14;/h5-19H,3-4H2,1-2H3;6-10,12-14H,11H2,1-5H3;3-9,11-12H,10H2,1-2H3;. The normalized spacial score (nSPS) is 11.3. The van der Waals surface area contributed by atoms with Crippen LogP contribution in [0.4, 0.5) is 0 Å². The number of furan rings is 1. The number of aromatic nitrogens is 3. The second kappa shape index (κ2) is 23.8. The minimum absolute atomic E-state index is 0. The molecular formula is C61H67IrN3OSi. The van der Waals surface area contributed by atoms with Gasteiger partial charge in [-0.05, 0) is 119 Å². The van der Waals surface area contributed by atoms with Crippen LogP contribution in [0, 0.1) is 11.8 Å². The van der Waals surface area contributed by atoms with Crippen LogP contribution in [0.15, 0.2) is 181 Å². The Hall–Kier alpha value is -5.78. The van der Waals surface area contributed by atoms with Gasteiger partial charge in [-0.1, -0.05) is 176 Å². The molecule has 0 atom stereocenters. The van der Waals surface area contributed by atoms with E-state index in [1.54, 1.807) is 0 Å². The molecule has 9 rings (SSSR count). The van der Waals surface area contributed by atoms with E-state index >= 15 is 0 Å². The first-order valence-electron chi connectivity index (χ1n) is 23.9. The molecule has 0 aliphatic carbocycles. The summed E-state index contributed by atoms with van der Waals surface area (Å²) in [5, 5.41) is 3.80. The Morgan fingerprint density at radius 3 is 1.67 bits per heavy atom. The summed E-state index contributed by atoms with van der Waals surface area (Å²) in [6, 6.07) is 55.0. The predicted octanol–water partition coefficient (Wildman–Crippen LogP) is 16.7. The summed E-state index contributed by atoms with van der Waals surface area (Å²) in [4.78, 5) is 13.8. The van der Waals surface area contributed by atoms with Crippen molar-refractivity contribution in [2.75, 3.05) is 0 Å². The van der Waals surface area contributed by atoms with Gasteiger partial charge >= 0.3 is 0 Å². The van der Waals surface area contributed by atoms with E-state index in [1.807, 2.05) is 36.7 Å². The smallest absolute Gasteiger partial charge is 0.144 e. The molecule has 67 heavy (non-hydrogen) atoms. The molecule has 0 saturated carbocycles. The van der Waals surface area contributed by atoms with Gasteiger partial charge in [0.05, 0.1) is 25.2 Å². The quantitative estimate of drug-likeness (QED) is 0.114. The van der Waals surface area contributed by atoms with E-state index in [0.717, 1.165) is 70.3 Å². The zero-order valence-electron chi connectivity index (χ0n) is 40.9. The largest absolute Gasteiger partial charge is 0.455 e. The van der Waals surface area contributed by atoms with E-state index in [-0.39, 0.29) is 20.1 Å². The number of hydrogen-bond acceptors (Lipinski definition) is 4. The van der Waals surface area contributed by atoms with Crippen molar-refractivity contribution in [3.8, 4) is 44.9 Å². The third-order valence-electron chi connectivity index (χ3n) is 12.2. The molecule has 0 fully saturated rings. The Kier molecular flexibility index (Phi) is 18.0. The third-order valence-corrected chi connectivity index (χ3v) is 14.2. The van der Waals surface area contributed by atoms with Crippen LogP contribution in [-0.4, -0.2) is 23.0 Å². The SMILES string of the molecule is CC(C)Cc1cc(-c2ccccc2)ncc1[Si](C)(C)C.CC(C)Cc1ccnc(-c2ccccc2)c1.CCC(CC)c1ccnc(-c2cccc3c2oc2cccc(-c4ccccc4)c23)c1.[Ir]. The van der Waals surface area contributed by atoms with Gasteiger partial charge in [0.2, 0.25) is 0 Å². The molecule has 9 aromatic rings. The van der Waals surface area contributed by atoms with Crippen LogP contribution in [0.1, 0.15) is 77.0 Å². The maximum atomic E-state index is 6.41. The molecule has 0 aliphatic heterocycles. The van der Waals surface area contributed by atoms with Crippen LogP contribution in [0.25, 0.3) is 66.8 Å². The third kappa shape index (κ3) is 13.0. The molecule has 345 valence electrons. The Bertz CT molecular complexity index is 2940. The molecule has 6 heteroatoms. The van der Waals surface area contributed by atoms with E-state index in [9.17, 15) is 0 Å². The predicted molar refractivity (Wildman–Crippen MR) is 285 cm³/mol. The first-order valence-corrected chi connectivity index (χ1v) is 27.4. The molecule has 0 bridgehead atoms. The minimum Gasteiger partial charge on any atom is -0.455 e. The fraction of sp³-hybridized carbons (Fsp3) is 0.262. The van der Waals surface area contributed by atoms with Gasteiger partial charge in [-0.2, -0.15) is 0 Å². The van der Waals surface area contributed by atoms with Gasteiger partial charge in [-0.15, -0.1) is 0 Å². The molecule has 4 heterocycles. The molecule has 1 radical (unpaired) electrons. The Morgan fingerprint density at radius 1 is 0.522 bits per heavy atom. The molecule has 0 aliphatic rings. The summed E-state index contributed by atoms with van der Waals surface area (Å²) < 4.78 is 6.41. The van der Waals surface area contributed by atoms with E-state index in [1.165, 1.54) is 44.1 Å². The molecule has 0 amide bonds. The van der Waals surface area contributed by atoms with Crippen LogP contribution in [0.3, 0.4) is 0 Å². The Labute approximate surface area is 414 Å². The molecule has 0 unspecified atom stereocenters. The average molecular weight is 1080 g/mol. The minimum atomic E-state index is -1.33. The van der Waals surface area contributed by atoms with Gasteiger partial charge in [0.15, 0.2) is 0 Å². The van der Waals surface area contributed by atoms with Crippen molar-refractivity contribution in [3.05, 3.63) is 193 Å². The van der Waals surface area contributed by atoms with Crippen LogP contribution < -0.4 is 5.19 Å². The van der Waals surface area contributed by atoms with Crippen LogP contribution in [-0.2, 0) is 32.9 Å². The summed E-state index contributed by atoms with van der Waals surface area (Å²) in [5.41, 5.74) is 15.0. The maximum absolute atomic E-state index is 6.41. The summed E-state index contributed by atoms with van der Waals surface area (Å²) in [6.07, 6.45) is 10.5. The zero-order valence-corrected chi connectivity index (χ0v) is 44.3. The van der Waals surface area contributed by atoms with E-state index in [4.69, 9.17) is 14.4 Å². The number of nitrogens with zero attached hydrogens (tertiary/aromatic N) is 3. The van der Waals surface area contributed by atoms with Gasteiger partial charge in [-0.3, -0.25) is 15.0 Å². The van der Waals surface area contributed by atoms with Gasteiger partial charge in [0, 0.05) is 66.2 Å². The van der Waals surface area contributed by atoms with Crippen LogP contribution in [0.5, 0.6) is 0 Å². The first-order chi connectivity index (χ1) is 31.9. The van der Waals surface area contributed by atoms with E-state index in [2.05, 4.69) is 206 Å². The van der Waals surface area contributed by atoms with Gasteiger partial charge in [-0.25, -0.2) is 0 Å². The van der Waals surface area contributed by atoms with Crippen LogP contribution in [0.2, 0.25) is 19.6 Å². The number of fused-ring (bicyclic) bond motifs is 3. The second-order valence-electron chi connectivity index (χ2n) is 19.3. The maximum Gasteiger partial charge on any atom is 0.144 e. The van der Waals surface area contributed by atoms with Crippen molar-refractivity contribution in [2.24, 2.45) is 11.8 Å². The first kappa shape index (κ1) is 50.6.